The maximum absolute atomic E-state index is 5.71. The van der Waals surface area contributed by atoms with E-state index in [1.807, 2.05) is 18.9 Å². The summed E-state index contributed by atoms with van der Waals surface area (Å²) in [6.45, 7) is 7.01. The fourth-order valence-corrected chi connectivity index (χ4v) is 4.37. The molecule has 0 aromatic heterocycles. The lowest BCUT2D eigenvalue weighted by Gasteiger charge is -2.16. The number of ether oxygens (including phenoxy) is 1. The number of rotatable bonds is 5. The van der Waals surface area contributed by atoms with Gasteiger partial charge in [-0.25, -0.2) is 0 Å². The van der Waals surface area contributed by atoms with Gasteiger partial charge in [0, 0.05) is 17.9 Å². The van der Waals surface area contributed by atoms with E-state index in [1.165, 1.54) is 11.3 Å². The first-order valence-corrected chi connectivity index (χ1v) is 7.23. The highest BCUT2D eigenvalue weighted by Gasteiger charge is 2.60. The van der Waals surface area contributed by atoms with Crippen LogP contribution in [0, 0.1) is 17.3 Å². The monoisotopic (exact) mass is 250 g/mol. The summed E-state index contributed by atoms with van der Waals surface area (Å²) in [6.07, 6.45) is 1.26. The Balaban J connectivity index is 2.04. The van der Waals surface area contributed by atoms with Gasteiger partial charge in [0.15, 0.2) is 0 Å². The van der Waals surface area contributed by atoms with Crippen LogP contribution in [0.15, 0.2) is 35.2 Å². The fraction of sp³-hybridized carbons (Fsp3) is 0.600. The van der Waals surface area contributed by atoms with Crippen molar-refractivity contribution in [1.29, 1.82) is 0 Å². The van der Waals surface area contributed by atoms with Crippen molar-refractivity contribution in [3.63, 3.8) is 0 Å². The van der Waals surface area contributed by atoms with Gasteiger partial charge >= 0.3 is 0 Å². The van der Waals surface area contributed by atoms with Gasteiger partial charge in [-0.2, -0.15) is 0 Å². The third-order valence-electron chi connectivity index (χ3n) is 4.10. The van der Waals surface area contributed by atoms with Gasteiger partial charge in [0.25, 0.3) is 0 Å². The Morgan fingerprint density at radius 1 is 1.29 bits per heavy atom. The average Bonchev–Trinajstić information content (AvgIpc) is 2.89. The second-order valence-corrected chi connectivity index (χ2v) is 6.57. The Hall–Kier alpha value is -0.470. The van der Waals surface area contributed by atoms with E-state index in [1.54, 1.807) is 0 Å². The molecule has 1 aliphatic rings. The van der Waals surface area contributed by atoms with Gasteiger partial charge in [0.2, 0.25) is 0 Å². The summed E-state index contributed by atoms with van der Waals surface area (Å²) in [7, 11) is 1.84. The quantitative estimate of drug-likeness (QED) is 0.564. The van der Waals surface area contributed by atoms with Crippen LogP contribution in [-0.4, -0.2) is 12.5 Å². The molecule has 3 atom stereocenters. The molecule has 0 N–H and O–H groups in total. The molecule has 1 aromatic rings. The summed E-state index contributed by atoms with van der Waals surface area (Å²) < 4.78 is 5.71. The normalized spacial score (nSPS) is 27.8. The van der Waals surface area contributed by atoms with E-state index in [9.17, 15) is 0 Å². The van der Waals surface area contributed by atoms with Gasteiger partial charge < -0.3 is 4.74 Å². The van der Waals surface area contributed by atoms with Crippen LogP contribution in [-0.2, 0) is 4.74 Å². The molecule has 2 heteroatoms. The molecule has 0 aliphatic heterocycles. The molecule has 1 nitrogen and oxygen atoms in total. The summed E-state index contributed by atoms with van der Waals surface area (Å²) in [4.78, 5) is 1.30. The van der Waals surface area contributed by atoms with Crippen molar-refractivity contribution < 1.29 is 4.74 Å². The van der Waals surface area contributed by atoms with Crippen molar-refractivity contribution in [2.45, 2.75) is 37.5 Å². The predicted molar refractivity (Wildman–Crippen MR) is 74.1 cm³/mol. The number of methoxy groups -OCH3 is 1. The predicted octanol–water partition coefficient (Wildman–Crippen LogP) is 4.43. The molecule has 3 unspecified atom stereocenters. The molecule has 94 valence electrons. The highest BCUT2D eigenvalue weighted by atomic mass is 32.2. The first kappa shape index (κ1) is 13.0. The topological polar surface area (TPSA) is 9.23 Å². The molecule has 1 aliphatic carbocycles. The van der Waals surface area contributed by atoms with E-state index in [-0.39, 0.29) is 5.44 Å². The molecule has 0 saturated heterocycles. The summed E-state index contributed by atoms with van der Waals surface area (Å²) in [6, 6.07) is 10.6. The largest absolute Gasteiger partial charge is 0.370 e. The molecule has 2 rings (SSSR count). The van der Waals surface area contributed by atoms with E-state index < -0.39 is 0 Å². The minimum absolute atomic E-state index is 0.289. The first-order valence-electron chi connectivity index (χ1n) is 6.35. The Morgan fingerprint density at radius 2 is 1.94 bits per heavy atom. The van der Waals surface area contributed by atoms with E-state index in [0.29, 0.717) is 11.3 Å². The molecule has 1 aromatic carbocycles. The van der Waals surface area contributed by atoms with E-state index in [4.69, 9.17) is 4.74 Å². The van der Waals surface area contributed by atoms with Gasteiger partial charge in [-0.05, 0) is 23.5 Å². The smallest absolute Gasteiger partial charge is 0.110 e. The summed E-state index contributed by atoms with van der Waals surface area (Å²) in [5.74, 6) is 1.49. The zero-order valence-electron chi connectivity index (χ0n) is 11.1. The molecular weight excluding hydrogens is 228 g/mol. The van der Waals surface area contributed by atoms with Gasteiger partial charge in [-0.1, -0.05) is 57.2 Å². The Bertz CT molecular complexity index is 360. The third kappa shape index (κ3) is 2.53. The molecule has 17 heavy (non-hydrogen) atoms. The molecule has 0 bridgehead atoms. The number of benzene rings is 1. The van der Waals surface area contributed by atoms with Crippen LogP contribution < -0.4 is 0 Å². The van der Waals surface area contributed by atoms with Crippen LogP contribution >= 0.6 is 11.8 Å². The lowest BCUT2D eigenvalue weighted by Crippen LogP contribution is -2.12. The van der Waals surface area contributed by atoms with Crippen molar-refractivity contribution in [1.82, 2.24) is 0 Å². The molecule has 1 saturated carbocycles. The summed E-state index contributed by atoms with van der Waals surface area (Å²) in [5.41, 5.74) is 0.731. The fourth-order valence-electron chi connectivity index (χ4n) is 3.01. The maximum Gasteiger partial charge on any atom is 0.110 e. The van der Waals surface area contributed by atoms with Gasteiger partial charge in [0.1, 0.15) is 5.44 Å². The lowest BCUT2D eigenvalue weighted by atomic mass is 10.1. The van der Waals surface area contributed by atoms with Gasteiger partial charge in [-0.3, -0.25) is 0 Å². The zero-order valence-corrected chi connectivity index (χ0v) is 12.0. The maximum atomic E-state index is 5.71. The summed E-state index contributed by atoms with van der Waals surface area (Å²) in [5, 5.41) is 0. The Labute approximate surface area is 109 Å². The van der Waals surface area contributed by atoms with Gasteiger partial charge in [0.05, 0.1) is 0 Å². The third-order valence-corrected chi connectivity index (χ3v) is 5.36. The summed E-state index contributed by atoms with van der Waals surface area (Å²) >= 11 is 1.86. The van der Waals surface area contributed by atoms with Crippen molar-refractivity contribution >= 4 is 11.8 Å². The molecule has 0 radical (unpaired) electrons. The molecular formula is C15H22OS. The lowest BCUT2D eigenvalue weighted by molar-refractivity contribution is 0.142. The molecule has 1 fully saturated rings. The Morgan fingerprint density at radius 3 is 2.41 bits per heavy atom. The molecule has 0 spiro atoms. The van der Waals surface area contributed by atoms with Crippen LogP contribution in [0.2, 0.25) is 0 Å². The minimum atomic E-state index is 0.289. The first-order chi connectivity index (χ1) is 8.11. The highest BCUT2D eigenvalue weighted by Crippen LogP contribution is 2.64. The second-order valence-electron chi connectivity index (χ2n) is 5.40. The number of thioether (sulfide) groups is 1. The van der Waals surface area contributed by atoms with Crippen LogP contribution in [0.3, 0.4) is 0 Å². The van der Waals surface area contributed by atoms with Crippen LogP contribution in [0.5, 0.6) is 0 Å². The standard InChI is InChI=1S/C15H22OS/c1-5-12-13(15(12,2)3)14(16-4)17-11-9-7-6-8-10-11/h6-10,12-14H,5H2,1-4H3. The zero-order chi connectivity index (χ0) is 12.5. The van der Waals surface area contributed by atoms with Gasteiger partial charge in [-0.15, -0.1) is 0 Å². The van der Waals surface area contributed by atoms with Crippen LogP contribution in [0.1, 0.15) is 27.2 Å². The van der Waals surface area contributed by atoms with E-state index in [0.717, 1.165) is 5.92 Å². The SMILES string of the molecule is CCC1C(C(OC)Sc2ccccc2)C1(C)C. The minimum Gasteiger partial charge on any atom is -0.370 e. The average molecular weight is 250 g/mol. The Kier molecular flexibility index (Phi) is 3.84. The number of hydrogen-bond acceptors (Lipinski definition) is 2. The molecule has 0 heterocycles. The van der Waals surface area contributed by atoms with E-state index in [2.05, 4.69) is 51.1 Å². The van der Waals surface area contributed by atoms with Crippen LogP contribution in [0.4, 0.5) is 0 Å². The van der Waals surface area contributed by atoms with Crippen LogP contribution in [0.25, 0.3) is 0 Å². The number of hydrogen-bond donors (Lipinski definition) is 0. The second kappa shape index (κ2) is 5.03. The van der Waals surface area contributed by atoms with Crippen molar-refractivity contribution in [2.24, 2.45) is 17.3 Å². The molecule has 0 amide bonds. The van der Waals surface area contributed by atoms with Crippen molar-refractivity contribution in [2.75, 3.05) is 7.11 Å². The van der Waals surface area contributed by atoms with Crippen molar-refractivity contribution in [3.05, 3.63) is 30.3 Å². The van der Waals surface area contributed by atoms with Crippen molar-refractivity contribution in [3.8, 4) is 0 Å². The highest BCUT2D eigenvalue weighted by molar-refractivity contribution is 7.99. The van der Waals surface area contributed by atoms with E-state index >= 15 is 0 Å².